The van der Waals surface area contributed by atoms with E-state index in [1.54, 1.807) is 0 Å². The smallest absolute Gasteiger partial charge is 0.218 e. The summed E-state index contributed by atoms with van der Waals surface area (Å²) in [5.41, 5.74) is 0.511. The molecule has 1 atom stereocenters. The van der Waals surface area contributed by atoms with Gasteiger partial charge in [0.1, 0.15) is 5.82 Å². The third-order valence-corrected chi connectivity index (χ3v) is 5.81. The van der Waals surface area contributed by atoms with Crippen LogP contribution in [0, 0.1) is 11.7 Å². The molecule has 1 aliphatic heterocycles. The molecule has 1 fully saturated rings. The molecule has 7 heteroatoms. The number of hydrogen-bond acceptors (Lipinski definition) is 3. The Bertz CT molecular complexity index is 593. The maximum absolute atomic E-state index is 13.1. The summed E-state index contributed by atoms with van der Waals surface area (Å²) in [5.74, 6) is -0.334. The second-order valence-corrected chi connectivity index (χ2v) is 7.80. The monoisotopic (exact) mass is 334 g/mol. The number of nitrogens with zero attached hydrogens (tertiary/aromatic N) is 1. The summed E-state index contributed by atoms with van der Waals surface area (Å²) in [7, 11) is -1.52. The van der Waals surface area contributed by atoms with Gasteiger partial charge in [-0.25, -0.2) is 17.1 Å². The lowest BCUT2D eigenvalue weighted by Gasteiger charge is -2.31. The van der Waals surface area contributed by atoms with E-state index in [4.69, 9.17) is 11.6 Å². The van der Waals surface area contributed by atoms with Gasteiger partial charge in [0.15, 0.2) is 0 Å². The van der Waals surface area contributed by atoms with Crippen LogP contribution in [-0.4, -0.2) is 39.4 Å². The van der Waals surface area contributed by atoms with Gasteiger partial charge in [0.05, 0.1) is 10.8 Å². The molecule has 0 saturated carbocycles. The zero-order valence-corrected chi connectivity index (χ0v) is 13.6. The lowest BCUT2D eigenvalue weighted by Crippen LogP contribution is -2.42. The molecule has 1 heterocycles. The summed E-state index contributed by atoms with van der Waals surface area (Å²) >= 11 is 5.70. The molecule has 0 amide bonds. The van der Waals surface area contributed by atoms with Gasteiger partial charge in [0.25, 0.3) is 0 Å². The minimum absolute atomic E-state index is 0.0468. The van der Waals surface area contributed by atoms with Crippen molar-refractivity contribution in [3.05, 3.63) is 34.6 Å². The third kappa shape index (κ3) is 4.39. The molecule has 1 aromatic carbocycles. The van der Waals surface area contributed by atoms with Crippen LogP contribution in [0.5, 0.6) is 0 Å². The topological polar surface area (TPSA) is 49.4 Å². The highest BCUT2D eigenvalue weighted by atomic mass is 35.5. The Morgan fingerprint density at radius 2 is 2.24 bits per heavy atom. The normalized spacial score (nSPS) is 20.6. The van der Waals surface area contributed by atoms with Crippen molar-refractivity contribution in [3.63, 3.8) is 0 Å². The van der Waals surface area contributed by atoms with Gasteiger partial charge in [0, 0.05) is 13.1 Å². The molecule has 1 unspecified atom stereocenters. The van der Waals surface area contributed by atoms with Crippen LogP contribution in [0.2, 0.25) is 5.02 Å². The number of halogens is 2. The predicted octanol–water partition coefficient (Wildman–Crippen LogP) is 2.24. The Morgan fingerprint density at radius 1 is 1.48 bits per heavy atom. The molecule has 4 nitrogen and oxygen atoms in total. The molecule has 1 aliphatic rings. The highest BCUT2D eigenvalue weighted by molar-refractivity contribution is 7.88. The Balaban J connectivity index is 2.08. The van der Waals surface area contributed by atoms with Gasteiger partial charge in [0.2, 0.25) is 10.0 Å². The first-order valence-electron chi connectivity index (χ1n) is 6.98. The highest BCUT2D eigenvalue weighted by Crippen LogP contribution is 2.23. The third-order valence-electron chi connectivity index (χ3n) is 3.70. The van der Waals surface area contributed by atoms with Gasteiger partial charge in [-0.2, -0.15) is 0 Å². The highest BCUT2D eigenvalue weighted by Gasteiger charge is 2.28. The van der Waals surface area contributed by atoms with Gasteiger partial charge >= 0.3 is 0 Å². The summed E-state index contributed by atoms with van der Waals surface area (Å²) in [6.45, 7) is 1.91. The van der Waals surface area contributed by atoms with E-state index in [-0.39, 0.29) is 10.8 Å². The maximum atomic E-state index is 13.1. The minimum Gasteiger partial charge on any atom is -0.319 e. The van der Waals surface area contributed by atoms with E-state index < -0.39 is 15.8 Å². The largest absolute Gasteiger partial charge is 0.319 e. The molecule has 0 spiro atoms. The molecule has 21 heavy (non-hydrogen) atoms. The summed E-state index contributed by atoms with van der Waals surface area (Å²) < 4.78 is 39.6. The molecule has 118 valence electrons. The van der Waals surface area contributed by atoms with Crippen molar-refractivity contribution in [2.24, 2.45) is 5.92 Å². The molecule has 1 saturated heterocycles. The molecule has 0 aromatic heterocycles. The van der Waals surface area contributed by atoms with Crippen LogP contribution in [-0.2, 0) is 15.8 Å². The first kappa shape index (κ1) is 16.7. The van der Waals surface area contributed by atoms with E-state index in [0.717, 1.165) is 19.4 Å². The summed E-state index contributed by atoms with van der Waals surface area (Å²) in [4.78, 5) is 0. The number of piperidine rings is 1. The quantitative estimate of drug-likeness (QED) is 0.898. The van der Waals surface area contributed by atoms with Crippen LogP contribution >= 0.6 is 11.6 Å². The molecule has 0 bridgehead atoms. The fourth-order valence-electron chi connectivity index (χ4n) is 2.67. The van der Waals surface area contributed by atoms with E-state index in [2.05, 4.69) is 5.32 Å². The predicted molar refractivity (Wildman–Crippen MR) is 82.3 cm³/mol. The molecular weight excluding hydrogens is 315 g/mol. The van der Waals surface area contributed by atoms with Crippen LogP contribution < -0.4 is 5.32 Å². The molecule has 0 aliphatic carbocycles. The van der Waals surface area contributed by atoms with E-state index in [1.165, 1.54) is 22.5 Å². The second-order valence-electron chi connectivity index (χ2n) is 5.43. The zero-order chi connectivity index (χ0) is 15.5. The van der Waals surface area contributed by atoms with Crippen LogP contribution in [0.15, 0.2) is 18.2 Å². The van der Waals surface area contributed by atoms with Gasteiger partial charge in [-0.1, -0.05) is 17.7 Å². The van der Waals surface area contributed by atoms with Crippen LogP contribution in [0.3, 0.4) is 0 Å². The van der Waals surface area contributed by atoms with Gasteiger partial charge in [-0.05, 0) is 50.0 Å². The van der Waals surface area contributed by atoms with Gasteiger partial charge in [-0.3, -0.25) is 0 Å². The standard InChI is InChI=1S/C14H20ClFN2O2S/c1-17-8-12-3-2-6-18(9-12)21(19,20)10-11-4-5-14(16)13(15)7-11/h4-5,7,12,17H,2-3,6,8-10H2,1H3. The number of benzene rings is 1. The van der Waals surface area contributed by atoms with E-state index in [9.17, 15) is 12.8 Å². The van der Waals surface area contributed by atoms with Crippen molar-refractivity contribution >= 4 is 21.6 Å². The molecule has 1 N–H and O–H groups in total. The number of hydrogen-bond donors (Lipinski definition) is 1. The number of sulfonamides is 1. The second kappa shape index (κ2) is 7.05. The Hall–Kier alpha value is -0.690. The Morgan fingerprint density at radius 3 is 2.90 bits per heavy atom. The summed E-state index contributed by atoms with van der Waals surface area (Å²) in [6.07, 6.45) is 1.91. The van der Waals surface area contributed by atoms with Crippen molar-refractivity contribution in [2.75, 3.05) is 26.7 Å². The molecular formula is C14H20ClFN2O2S. The first-order valence-corrected chi connectivity index (χ1v) is 8.97. The fourth-order valence-corrected chi connectivity index (χ4v) is 4.50. The van der Waals surface area contributed by atoms with Gasteiger partial charge in [-0.15, -0.1) is 0 Å². The lowest BCUT2D eigenvalue weighted by atomic mass is 10.00. The van der Waals surface area contributed by atoms with E-state index in [0.29, 0.717) is 24.6 Å². The SMILES string of the molecule is CNCC1CCCN(S(=O)(=O)Cc2ccc(F)c(Cl)c2)C1. The van der Waals surface area contributed by atoms with E-state index >= 15 is 0 Å². The number of rotatable bonds is 5. The number of nitrogens with one attached hydrogen (secondary N) is 1. The summed E-state index contributed by atoms with van der Waals surface area (Å²) in [5, 5.41) is 3.05. The Labute approximate surface area is 130 Å². The van der Waals surface area contributed by atoms with Crippen molar-refractivity contribution in [1.82, 2.24) is 9.62 Å². The molecule has 1 aromatic rings. The fraction of sp³-hybridized carbons (Fsp3) is 0.571. The van der Waals surface area contributed by atoms with Crippen molar-refractivity contribution in [2.45, 2.75) is 18.6 Å². The average Bonchev–Trinajstić information content (AvgIpc) is 2.43. The first-order chi connectivity index (χ1) is 9.92. The lowest BCUT2D eigenvalue weighted by molar-refractivity contribution is 0.263. The van der Waals surface area contributed by atoms with Crippen LogP contribution in [0.1, 0.15) is 18.4 Å². The minimum atomic E-state index is -3.39. The van der Waals surface area contributed by atoms with Crippen LogP contribution in [0.4, 0.5) is 4.39 Å². The van der Waals surface area contributed by atoms with Gasteiger partial charge < -0.3 is 5.32 Å². The summed E-state index contributed by atoms with van der Waals surface area (Å²) in [6, 6.07) is 4.05. The van der Waals surface area contributed by atoms with E-state index in [1.807, 2.05) is 7.05 Å². The molecule has 0 radical (unpaired) electrons. The van der Waals surface area contributed by atoms with Crippen LogP contribution in [0.25, 0.3) is 0 Å². The van der Waals surface area contributed by atoms with Crippen molar-refractivity contribution in [1.29, 1.82) is 0 Å². The molecule has 2 rings (SSSR count). The van der Waals surface area contributed by atoms with Crippen molar-refractivity contribution < 1.29 is 12.8 Å². The zero-order valence-electron chi connectivity index (χ0n) is 12.0. The maximum Gasteiger partial charge on any atom is 0.218 e. The Kier molecular flexibility index (Phi) is 5.60. The van der Waals surface area contributed by atoms with Crippen molar-refractivity contribution in [3.8, 4) is 0 Å². The average molecular weight is 335 g/mol.